The highest BCUT2D eigenvalue weighted by Crippen LogP contribution is 2.38. The summed E-state index contributed by atoms with van der Waals surface area (Å²) in [4.78, 5) is 16.8. The Morgan fingerprint density at radius 1 is 1.00 bits per heavy atom. The van der Waals surface area contributed by atoms with Gasteiger partial charge in [0.25, 0.3) is 0 Å². The number of carboxylic acids is 1. The van der Waals surface area contributed by atoms with Crippen LogP contribution in [0.4, 0.5) is 0 Å². The molecule has 0 saturated carbocycles. The van der Waals surface area contributed by atoms with E-state index in [1.54, 1.807) is 0 Å². The van der Waals surface area contributed by atoms with Gasteiger partial charge < -0.3 is 10.0 Å². The molecule has 3 aliphatic rings. The van der Waals surface area contributed by atoms with Crippen LogP contribution in [-0.2, 0) is 4.79 Å². The fraction of sp³-hybridized carbons (Fsp3) is 0.933. The van der Waals surface area contributed by atoms with Gasteiger partial charge in [0.15, 0.2) is 0 Å². The molecule has 3 aliphatic heterocycles. The first-order chi connectivity index (χ1) is 9.22. The Hall–Kier alpha value is -0.610. The van der Waals surface area contributed by atoms with Gasteiger partial charge in [0.1, 0.15) is 5.54 Å². The van der Waals surface area contributed by atoms with Crippen molar-refractivity contribution in [1.29, 1.82) is 0 Å². The Morgan fingerprint density at radius 2 is 1.74 bits per heavy atom. The second kappa shape index (κ2) is 5.41. The van der Waals surface area contributed by atoms with Crippen molar-refractivity contribution in [3.05, 3.63) is 0 Å². The van der Waals surface area contributed by atoms with Crippen molar-refractivity contribution in [2.24, 2.45) is 0 Å². The maximum absolute atomic E-state index is 12.0. The predicted molar refractivity (Wildman–Crippen MR) is 74.2 cm³/mol. The Labute approximate surface area is 115 Å². The lowest BCUT2D eigenvalue weighted by molar-refractivity contribution is -0.156. The largest absolute Gasteiger partial charge is 0.480 e. The minimum absolute atomic E-state index is 0.521. The lowest BCUT2D eigenvalue weighted by atomic mass is 9.81. The maximum Gasteiger partial charge on any atom is 0.324 e. The molecule has 1 N–H and O–H groups in total. The molecular weight excluding hydrogens is 240 g/mol. The molecule has 0 aromatic heterocycles. The van der Waals surface area contributed by atoms with Gasteiger partial charge >= 0.3 is 5.97 Å². The third-order valence-corrected chi connectivity index (χ3v) is 5.49. The van der Waals surface area contributed by atoms with Gasteiger partial charge in [0.05, 0.1) is 0 Å². The fourth-order valence-electron chi connectivity index (χ4n) is 4.36. The molecule has 3 heterocycles. The molecule has 0 bridgehead atoms. The van der Waals surface area contributed by atoms with Crippen LogP contribution >= 0.6 is 0 Å². The molecule has 2 unspecified atom stereocenters. The number of carboxylic acid groups (broad SMARTS) is 1. The quantitative estimate of drug-likeness (QED) is 0.829. The molecule has 3 saturated heterocycles. The van der Waals surface area contributed by atoms with Gasteiger partial charge in [-0.3, -0.25) is 9.69 Å². The molecule has 0 aromatic carbocycles. The van der Waals surface area contributed by atoms with E-state index in [4.69, 9.17) is 0 Å². The van der Waals surface area contributed by atoms with Crippen molar-refractivity contribution in [2.75, 3.05) is 26.2 Å². The van der Waals surface area contributed by atoms with Gasteiger partial charge in [0.2, 0.25) is 0 Å². The van der Waals surface area contributed by atoms with E-state index < -0.39 is 11.5 Å². The summed E-state index contributed by atoms with van der Waals surface area (Å²) in [5, 5.41) is 9.89. The average molecular weight is 266 g/mol. The van der Waals surface area contributed by atoms with Crippen molar-refractivity contribution in [3.8, 4) is 0 Å². The third kappa shape index (κ3) is 2.40. The molecule has 3 fully saturated rings. The van der Waals surface area contributed by atoms with Crippen molar-refractivity contribution in [3.63, 3.8) is 0 Å². The van der Waals surface area contributed by atoms with Gasteiger partial charge in [-0.15, -0.1) is 0 Å². The summed E-state index contributed by atoms with van der Waals surface area (Å²) < 4.78 is 0. The van der Waals surface area contributed by atoms with Gasteiger partial charge in [-0.05, 0) is 58.2 Å². The number of rotatable bonds is 2. The van der Waals surface area contributed by atoms with Gasteiger partial charge in [-0.1, -0.05) is 12.8 Å². The fourth-order valence-corrected chi connectivity index (χ4v) is 4.36. The summed E-state index contributed by atoms with van der Waals surface area (Å²) in [6, 6.07) is 0.521. The van der Waals surface area contributed by atoms with E-state index in [1.807, 2.05) is 0 Å². The third-order valence-electron chi connectivity index (χ3n) is 5.49. The average Bonchev–Trinajstić information content (AvgIpc) is 2.69. The molecule has 0 aromatic rings. The standard InChI is InChI=1S/C15H26N2O2/c18-14(19)15(17-9-3-1-2-4-10-17)7-11-16-8-5-6-13(16)12-15/h13H,1-12H2,(H,18,19). The smallest absolute Gasteiger partial charge is 0.324 e. The minimum atomic E-state index is -0.569. The summed E-state index contributed by atoms with van der Waals surface area (Å²) >= 11 is 0. The van der Waals surface area contributed by atoms with Crippen LogP contribution in [0.1, 0.15) is 51.4 Å². The SMILES string of the molecule is O=C(O)C1(N2CCCCCC2)CCN2CCCC2C1. The summed E-state index contributed by atoms with van der Waals surface area (Å²) in [6.45, 7) is 4.13. The highest BCUT2D eigenvalue weighted by Gasteiger charge is 2.50. The summed E-state index contributed by atoms with van der Waals surface area (Å²) in [7, 11) is 0. The molecule has 4 nitrogen and oxygen atoms in total. The van der Waals surface area contributed by atoms with Gasteiger partial charge in [-0.2, -0.15) is 0 Å². The van der Waals surface area contributed by atoms with Gasteiger partial charge in [0, 0.05) is 12.6 Å². The Kier molecular flexibility index (Phi) is 3.81. The molecule has 2 atom stereocenters. The molecule has 0 radical (unpaired) electrons. The zero-order valence-corrected chi connectivity index (χ0v) is 11.8. The molecule has 0 amide bonds. The number of fused-ring (bicyclic) bond motifs is 1. The number of likely N-dealkylation sites (tertiary alicyclic amines) is 1. The van der Waals surface area contributed by atoms with E-state index in [-0.39, 0.29) is 0 Å². The number of hydrogen-bond acceptors (Lipinski definition) is 3. The van der Waals surface area contributed by atoms with E-state index in [9.17, 15) is 9.90 Å². The topological polar surface area (TPSA) is 43.8 Å². The monoisotopic (exact) mass is 266 g/mol. The van der Waals surface area contributed by atoms with Crippen LogP contribution in [0, 0.1) is 0 Å². The van der Waals surface area contributed by atoms with E-state index in [2.05, 4.69) is 9.80 Å². The van der Waals surface area contributed by atoms with Crippen LogP contribution in [0.3, 0.4) is 0 Å². The van der Waals surface area contributed by atoms with E-state index in [0.29, 0.717) is 6.04 Å². The van der Waals surface area contributed by atoms with Crippen LogP contribution in [0.5, 0.6) is 0 Å². The van der Waals surface area contributed by atoms with Crippen LogP contribution in [0.2, 0.25) is 0 Å². The first-order valence-electron chi connectivity index (χ1n) is 7.95. The normalized spacial score (nSPS) is 37.8. The number of carbonyl (C=O) groups is 1. The van der Waals surface area contributed by atoms with Crippen molar-refractivity contribution in [1.82, 2.24) is 9.80 Å². The predicted octanol–water partition coefficient (Wildman–Crippen LogP) is 1.94. The van der Waals surface area contributed by atoms with E-state index in [1.165, 1.54) is 45.1 Å². The molecule has 19 heavy (non-hydrogen) atoms. The second-order valence-electron chi connectivity index (χ2n) is 6.52. The molecule has 3 rings (SSSR count). The van der Waals surface area contributed by atoms with Crippen LogP contribution in [0.25, 0.3) is 0 Å². The first-order valence-corrected chi connectivity index (χ1v) is 7.95. The summed E-state index contributed by atoms with van der Waals surface area (Å²) in [5.74, 6) is -0.569. The maximum atomic E-state index is 12.0. The van der Waals surface area contributed by atoms with Crippen molar-refractivity contribution < 1.29 is 9.90 Å². The van der Waals surface area contributed by atoms with Crippen molar-refractivity contribution >= 4 is 5.97 Å². The number of hydrogen-bond donors (Lipinski definition) is 1. The zero-order valence-electron chi connectivity index (χ0n) is 11.8. The van der Waals surface area contributed by atoms with Crippen LogP contribution < -0.4 is 0 Å². The lowest BCUT2D eigenvalue weighted by Gasteiger charge is -2.47. The Balaban J connectivity index is 1.80. The minimum Gasteiger partial charge on any atom is -0.480 e. The van der Waals surface area contributed by atoms with E-state index in [0.717, 1.165) is 32.5 Å². The zero-order chi connectivity index (χ0) is 13.3. The van der Waals surface area contributed by atoms with Crippen LogP contribution in [-0.4, -0.2) is 58.6 Å². The first kappa shape index (κ1) is 13.4. The Morgan fingerprint density at radius 3 is 2.42 bits per heavy atom. The van der Waals surface area contributed by atoms with Crippen LogP contribution in [0.15, 0.2) is 0 Å². The molecular formula is C15H26N2O2. The number of piperidine rings is 1. The Bertz CT molecular complexity index is 339. The van der Waals surface area contributed by atoms with Gasteiger partial charge in [-0.25, -0.2) is 0 Å². The molecule has 0 aliphatic carbocycles. The lowest BCUT2D eigenvalue weighted by Crippen LogP contribution is -2.61. The molecule has 0 spiro atoms. The van der Waals surface area contributed by atoms with E-state index >= 15 is 0 Å². The summed E-state index contributed by atoms with van der Waals surface area (Å²) in [6.07, 6.45) is 8.99. The second-order valence-corrected chi connectivity index (χ2v) is 6.52. The van der Waals surface area contributed by atoms with Crippen molar-refractivity contribution in [2.45, 2.75) is 62.9 Å². The highest BCUT2D eigenvalue weighted by molar-refractivity contribution is 5.79. The molecule has 4 heteroatoms. The number of aliphatic carboxylic acids is 1. The summed E-state index contributed by atoms with van der Waals surface area (Å²) in [5.41, 5.74) is -0.560. The molecule has 108 valence electrons. The highest BCUT2D eigenvalue weighted by atomic mass is 16.4. The number of nitrogens with zero attached hydrogens (tertiary/aromatic N) is 2.